The van der Waals surface area contributed by atoms with E-state index in [9.17, 15) is 61.9 Å². The third-order valence-corrected chi connectivity index (χ3v) is 16.4. The molecule has 0 spiro atoms. The van der Waals surface area contributed by atoms with Crippen LogP contribution in [0.25, 0.3) is 0 Å². The first-order valence-electron chi connectivity index (χ1n) is 32.1. The minimum absolute atomic E-state index is 0.0618. The van der Waals surface area contributed by atoms with E-state index in [2.05, 4.69) is 73.8 Å². The molecule has 6 aromatic heterocycles. The lowest BCUT2D eigenvalue weighted by atomic mass is 10.1. The number of carboxylic acid groups (broad SMARTS) is 1. The zero-order chi connectivity index (χ0) is 73.8. The Labute approximate surface area is 582 Å². The molecule has 36 heteroatoms. The summed E-state index contributed by atoms with van der Waals surface area (Å²) >= 11 is 0. The molecule has 7 aromatic rings. The van der Waals surface area contributed by atoms with Crippen molar-refractivity contribution in [2.24, 2.45) is 47.3 Å². The summed E-state index contributed by atoms with van der Waals surface area (Å²) in [6, 6.07) is 9.15. The number of amides is 11. The number of carbonyl (C=O) groups is 12. The van der Waals surface area contributed by atoms with Gasteiger partial charge in [0.2, 0.25) is 11.8 Å². The molecule has 13 N–H and O–H groups in total. The van der Waals surface area contributed by atoms with E-state index in [1.165, 1.54) is 91.4 Å². The van der Waals surface area contributed by atoms with Gasteiger partial charge in [0, 0.05) is 138 Å². The van der Waals surface area contributed by atoms with Gasteiger partial charge in [-0.1, -0.05) is 19.3 Å². The van der Waals surface area contributed by atoms with Gasteiger partial charge >= 0.3 is 5.97 Å². The van der Waals surface area contributed by atoms with Gasteiger partial charge in [-0.15, -0.1) is 0 Å². The van der Waals surface area contributed by atoms with E-state index in [0.717, 1.165) is 37.5 Å². The number of rotatable bonds is 30. The summed E-state index contributed by atoms with van der Waals surface area (Å²) in [5, 5.41) is 42.2. The number of imidazole rings is 1. The van der Waals surface area contributed by atoms with Crippen LogP contribution in [0.5, 0.6) is 0 Å². The fourth-order valence-electron chi connectivity index (χ4n) is 11.3. The summed E-state index contributed by atoms with van der Waals surface area (Å²) in [7, 11) is 13.0. The van der Waals surface area contributed by atoms with Gasteiger partial charge < -0.3 is 106 Å². The molecule has 1 aromatic carbocycles. The van der Waals surface area contributed by atoms with Crippen LogP contribution < -0.4 is 63.8 Å². The zero-order valence-corrected chi connectivity index (χ0v) is 57.2. The second kappa shape index (κ2) is 32.3. The molecular formula is C66H79FN22O13. The van der Waals surface area contributed by atoms with Crippen LogP contribution >= 0.6 is 0 Å². The molecule has 0 bridgehead atoms. The minimum Gasteiger partial charge on any atom is -0.478 e. The summed E-state index contributed by atoms with van der Waals surface area (Å²) in [4.78, 5) is 168. The first-order valence-corrected chi connectivity index (χ1v) is 32.1. The number of anilines is 5. The van der Waals surface area contributed by atoms with E-state index < -0.39 is 89.2 Å². The van der Waals surface area contributed by atoms with Crippen molar-refractivity contribution in [3.8, 4) is 0 Å². The lowest BCUT2D eigenvalue weighted by molar-refractivity contribution is -0.127. The SMILES string of the molecule is CC(=O)N[C@H](CCNC(=O)c1cc(NC(=O)c2cc(NC(=O)C3=NC(NC(=O)c4nccn4C)CN3C)cn2C)cn1C)C(=O)NC1=CN(C)C(C(=O)Nc2cc(C(=O)Nc3cc(C(=O)Nc4cc(C(=O)NCCCCCCCNC(=O)c5cc(F)cc(C(=O)O)c5)n(C)c4)n(C)c3)n(C)c2)N1. The highest BCUT2D eigenvalue weighted by molar-refractivity contribution is 6.42. The van der Waals surface area contributed by atoms with Crippen molar-refractivity contribution in [2.45, 2.75) is 63.8 Å². The Balaban J connectivity index is 0.678. The molecule has 0 saturated heterocycles. The number of amidine groups is 1. The number of aromatic carboxylic acids is 1. The van der Waals surface area contributed by atoms with Crippen molar-refractivity contribution in [3.63, 3.8) is 0 Å². The van der Waals surface area contributed by atoms with Crippen molar-refractivity contribution >= 4 is 105 Å². The molecule has 9 rings (SSSR count). The van der Waals surface area contributed by atoms with Crippen LogP contribution in [-0.4, -0.2) is 183 Å². The molecular weight excluding hydrogens is 1330 g/mol. The Kier molecular flexibility index (Phi) is 23.2. The molecule has 0 aliphatic carbocycles. The maximum absolute atomic E-state index is 13.8. The molecule has 0 radical (unpaired) electrons. The maximum atomic E-state index is 13.8. The molecule has 102 heavy (non-hydrogen) atoms. The quantitative estimate of drug-likeness (QED) is 0.0286. The van der Waals surface area contributed by atoms with E-state index in [0.29, 0.717) is 43.0 Å². The fraction of sp³-hybridized carbons (Fsp3) is 0.333. The number of likely N-dealkylation sites (N-methyl/N-ethyl adjacent to an activating group) is 2. The van der Waals surface area contributed by atoms with Gasteiger partial charge in [-0.05, 0) is 67.8 Å². The molecule has 2 unspecified atom stereocenters. The zero-order valence-electron chi connectivity index (χ0n) is 57.2. The van der Waals surface area contributed by atoms with Crippen LogP contribution in [0.4, 0.5) is 32.8 Å². The van der Waals surface area contributed by atoms with E-state index in [1.54, 1.807) is 89.0 Å². The van der Waals surface area contributed by atoms with Crippen LogP contribution in [0.15, 0.2) is 109 Å². The van der Waals surface area contributed by atoms with Crippen molar-refractivity contribution < 1.29 is 67.0 Å². The number of nitrogens with one attached hydrogen (secondary N) is 12. The number of nitrogens with zero attached hydrogens (tertiary/aromatic N) is 10. The summed E-state index contributed by atoms with van der Waals surface area (Å²) in [5.41, 5.74) is 2.00. The lowest BCUT2D eigenvalue weighted by Crippen LogP contribution is -2.50. The van der Waals surface area contributed by atoms with Crippen molar-refractivity contribution in [2.75, 3.05) is 66.9 Å². The van der Waals surface area contributed by atoms with Gasteiger partial charge in [-0.25, -0.2) is 19.2 Å². The lowest BCUT2D eigenvalue weighted by Gasteiger charge is -2.21. The second-order valence-electron chi connectivity index (χ2n) is 24.5. The highest BCUT2D eigenvalue weighted by Gasteiger charge is 2.33. The molecule has 11 amide bonds. The summed E-state index contributed by atoms with van der Waals surface area (Å²) in [6.45, 7) is 2.09. The van der Waals surface area contributed by atoms with Crippen LogP contribution in [0.3, 0.4) is 0 Å². The topological polar surface area (TPSA) is 431 Å². The van der Waals surface area contributed by atoms with Crippen LogP contribution in [0.2, 0.25) is 0 Å². The van der Waals surface area contributed by atoms with Crippen molar-refractivity contribution in [1.82, 2.24) is 79.4 Å². The molecule has 0 fully saturated rings. The minimum atomic E-state index is -1.34. The van der Waals surface area contributed by atoms with Crippen LogP contribution in [0.1, 0.15) is 129 Å². The van der Waals surface area contributed by atoms with Crippen molar-refractivity contribution in [1.29, 1.82) is 0 Å². The third kappa shape index (κ3) is 18.5. The summed E-state index contributed by atoms with van der Waals surface area (Å²) < 4.78 is 22.9. The first-order chi connectivity index (χ1) is 48.5. The standard InChI is InChI=1S/C66H79FN22O13/c1-36(90)72-45(15-18-71-59(94)47-25-41(30-84(47)4)74-61(96)49-27-44(33-86(49)6)77-65(100)55-79-52(35-89(55)9)81-63(98)53-68-19-20-82(53)2)57(92)80-51-34-88(8)54(78-51)64(99)76-43-28-50(87(7)32-43)62(97)75-42-26-48(85(5)31-42)60(95)73-40-24-46(83(3)29-40)58(93)70-17-14-12-10-11-13-16-69-56(91)37-21-38(66(101)102)23-39(67)22-37/h19-34,45,52,54,78H,10-18,35H2,1-9H3,(H,69,91)(H,70,93)(H,71,94)(H,72,90)(H,73,95)(H,74,96)(H,75,97)(H,76,99)(H,77,100)(H,80,92)(H,81,98)(H,101,102)/t45-,52?,54?/m1/s1. The number of aryl methyl sites for hydroxylation is 6. The Hall–Kier alpha value is -12.8. The fourth-order valence-corrected chi connectivity index (χ4v) is 11.3. The average Bonchev–Trinajstić information content (AvgIpc) is 1.66. The number of unbranched alkanes of at least 4 members (excludes halogenated alkanes) is 4. The average molecular weight is 1410 g/mol. The van der Waals surface area contributed by atoms with E-state index in [4.69, 9.17) is 5.11 Å². The van der Waals surface area contributed by atoms with Gasteiger partial charge in [-0.2, -0.15) is 0 Å². The molecule has 35 nitrogen and oxygen atoms in total. The highest BCUT2D eigenvalue weighted by atomic mass is 19.1. The third-order valence-electron chi connectivity index (χ3n) is 16.4. The Morgan fingerprint density at radius 2 is 0.980 bits per heavy atom. The largest absolute Gasteiger partial charge is 0.478 e. The monoisotopic (exact) mass is 1410 g/mol. The highest BCUT2D eigenvalue weighted by Crippen LogP contribution is 2.23. The molecule has 3 atom stereocenters. The summed E-state index contributed by atoms with van der Waals surface area (Å²) in [5.74, 6) is -7.69. The van der Waals surface area contributed by atoms with E-state index >= 15 is 0 Å². The molecule has 2 aliphatic heterocycles. The van der Waals surface area contributed by atoms with Gasteiger partial charge in [-0.3, -0.25) is 52.7 Å². The van der Waals surface area contributed by atoms with Gasteiger partial charge in [0.15, 0.2) is 17.8 Å². The van der Waals surface area contributed by atoms with Gasteiger partial charge in [0.05, 0.1) is 40.5 Å². The normalized spacial score (nSPS) is 14.1. The van der Waals surface area contributed by atoms with E-state index in [-0.39, 0.29) is 93.9 Å². The number of carboxylic acids is 1. The predicted octanol–water partition coefficient (Wildman–Crippen LogP) is 1.90. The van der Waals surface area contributed by atoms with Crippen LogP contribution in [-0.2, 0) is 61.5 Å². The van der Waals surface area contributed by atoms with Crippen molar-refractivity contribution in [3.05, 3.63) is 155 Å². The number of halogens is 1. The molecule has 2 aliphatic rings. The number of aliphatic imine (C=N–C) groups is 1. The summed E-state index contributed by atoms with van der Waals surface area (Å²) in [6.07, 6.45) is 14.2. The van der Waals surface area contributed by atoms with E-state index in [1.807, 2.05) is 0 Å². The Morgan fingerprint density at radius 3 is 1.46 bits per heavy atom. The molecule has 8 heterocycles. The predicted molar refractivity (Wildman–Crippen MR) is 369 cm³/mol. The number of carbonyl (C=O) groups excluding carboxylic acids is 11. The Bertz CT molecular complexity index is 4510. The molecule has 0 saturated carbocycles. The number of hydrogen-bond donors (Lipinski definition) is 13. The Morgan fingerprint density at radius 1 is 0.529 bits per heavy atom. The first kappa shape index (κ1) is 73.5. The smallest absolute Gasteiger partial charge is 0.335 e. The molecule has 538 valence electrons. The second-order valence-corrected chi connectivity index (χ2v) is 24.5. The van der Waals surface area contributed by atoms with Gasteiger partial charge in [0.25, 0.3) is 53.2 Å². The van der Waals surface area contributed by atoms with Crippen LogP contribution in [0, 0.1) is 5.82 Å². The number of hydrogen-bond acceptors (Lipinski definition) is 17. The number of aromatic nitrogens is 7. The van der Waals surface area contributed by atoms with Gasteiger partial charge in [0.1, 0.15) is 52.3 Å². The number of benzene rings is 1. The maximum Gasteiger partial charge on any atom is 0.335 e.